The highest BCUT2D eigenvalue weighted by Crippen LogP contribution is 2.44. The number of fused-ring (bicyclic) bond motifs is 3. The maximum absolute atomic E-state index is 13.1. The van der Waals surface area contributed by atoms with Crippen LogP contribution in [0.1, 0.15) is 49.1 Å². The van der Waals surface area contributed by atoms with E-state index in [4.69, 9.17) is 4.74 Å². The Hall–Kier alpha value is -3.35. The van der Waals surface area contributed by atoms with Gasteiger partial charge in [0.05, 0.1) is 5.92 Å². The smallest absolute Gasteiger partial charge is 0.407 e. The lowest BCUT2D eigenvalue weighted by atomic mass is 9.91. The minimum Gasteiger partial charge on any atom is -0.481 e. The Bertz CT molecular complexity index is 1060. The van der Waals surface area contributed by atoms with Crippen molar-refractivity contribution in [2.24, 2.45) is 17.8 Å². The molecule has 3 aliphatic rings. The Balaban J connectivity index is 1.13. The fourth-order valence-corrected chi connectivity index (χ4v) is 6.05. The van der Waals surface area contributed by atoms with Crippen LogP contribution in [-0.2, 0) is 14.3 Å². The van der Waals surface area contributed by atoms with E-state index < -0.39 is 12.1 Å². The summed E-state index contributed by atoms with van der Waals surface area (Å²) in [4.78, 5) is 38.7. The lowest BCUT2D eigenvalue weighted by Gasteiger charge is -2.33. The third-order valence-electron chi connectivity index (χ3n) is 7.98. The quantitative estimate of drug-likeness (QED) is 0.649. The molecule has 0 bridgehead atoms. The summed E-state index contributed by atoms with van der Waals surface area (Å²) in [6.45, 7) is 1.68. The first-order valence-electron chi connectivity index (χ1n) is 12.6. The zero-order chi connectivity index (χ0) is 24.4. The minimum absolute atomic E-state index is 0.0164. The Labute approximate surface area is 205 Å². The lowest BCUT2D eigenvalue weighted by Crippen LogP contribution is -2.45. The molecule has 2 unspecified atom stereocenters. The standard InChI is InChI=1S/C28H32N2O5/c31-26(30-14-12-18(13-15-30)27(32)33)20-11-5-6-19(20)16-29-28(34)35-17-25-23-9-3-1-7-21(23)22-8-2-4-10-24(22)25/h1-4,7-10,18-20,25H,5-6,11-17H2,(H,29,34)(H,32,33). The van der Waals surface area contributed by atoms with Gasteiger partial charge in [0.15, 0.2) is 0 Å². The van der Waals surface area contributed by atoms with Crippen molar-refractivity contribution < 1.29 is 24.2 Å². The van der Waals surface area contributed by atoms with Crippen LogP contribution in [0.5, 0.6) is 0 Å². The summed E-state index contributed by atoms with van der Waals surface area (Å²) >= 11 is 0. The van der Waals surface area contributed by atoms with Crippen molar-refractivity contribution in [3.8, 4) is 11.1 Å². The molecule has 1 saturated heterocycles. The average molecular weight is 477 g/mol. The predicted octanol–water partition coefficient (Wildman–Crippen LogP) is 4.26. The van der Waals surface area contributed by atoms with Crippen LogP contribution in [0.25, 0.3) is 11.1 Å². The number of aliphatic carboxylic acids is 1. The van der Waals surface area contributed by atoms with E-state index >= 15 is 0 Å². The van der Waals surface area contributed by atoms with Gasteiger partial charge in [0, 0.05) is 31.5 Å². The van der Waals surface area contributed by atoms with Crippen LogP contribution >= 0.6 is 0 Å². The molecule has 1 saturated carbocycles. The van der Waals surface area contributed by atoms with Crippen molar-refractivity contribution in [1.29, 1.82) is 0 Å². The number of nitrogens with zero attached hydrogens (tertiary/aromatic N) is 1. The van der Waals surface area contributed by atoms with Gasteiger partial charge in [-0.25, -0.2) is 4.79 Å². The molecular formula is C28H32N2O5. The highest BCUT2D eigenvalue weighted by molar-refractivity contribution is 5.80. The minimum atomic E-state index is -0.775. The van der Waals surface area contributed by atoms with Gasteiger partial charge in [-0.15, -0.1) is 0 Å². The second-order valence-electron chi connectivity index (χ2n) is 9.94. The molecule has 2 aromatic rings. The SMILES string of the molecule is O=C(NCC1CCCC1C(=O)N1CCC(C(=O)O)CC1)OCC1c2ccccc2-c2ccccc21. The highest BCUT2D eigenvalue weighted by atomic mass is 16.5. The number of alkyl carbamates (subject to hydrolysis) is 1. The molecule has 0 radical (unpaired) electrons. The highest BCUT2D eigenvalue weighted by Gasteiger charge is 2.37. The van der Waals surface area contributed by atoms with Gasteiger partial charge >= 0.3 is 12.1 Å². The molecule has 1 aliphatic heterocycles. The maximum Gasteiger partial charge on any atom is 0.407 e. The molecule has 2 amide bonds. The predicted molar refractivity (Wildman–Crippen MR) is 131 cm³/mol. The molecule has 2 aromatic carbocycles. The zero-order valence-electron chi connectivity index (χ0n) is 19.8. The molecule has 2 N–H and O–H groups in total. The van der Waals surface area contributed by atoms with Crippen molar-refractivity contribution >= 4 is 18.0 Å². The number of nitrogens with one attached hydrogen (secondary N) is 1. The monoisotopic (exact) mass is 476 g/mol. The Morgan fingerprint density at radius 2 is 1.54 bits per heavy atom. The number of carboxylic acid groups (broad SMARTS) is 1. The van der Waals surface area contributed by atoms with Gasteiger partial charge < -0.3 is 20.1 Å². The molecular weight excluding hydrogens is 444 g/mol. The molecule has 35 heavy (non-hydrogen) atoms. The first kappa shape index (κ1) is 23.4. The lowest BCUT2D eigenvalue weighted by molar-refractivity contribution is -0.147. The summed E-state index contributed by atoms with van der Waals surface area (Å²) in [6, 6.07) is 16.5. The summed E-state index contributed by atoms with van der Waals surface area (Å²) in [6.07, 6.45) is 3.24. The molecule has 0 aromatic heterocycles. The van der Waals surface area contributed by atoms with Gasteiger partial charge in [-0.1, -0.05) is 55.0 Å². The Morgan fingerprint density at radius 1 is 0.914 bits per heavy atom. The fraction of sp³-hybridized carbons (Fsp3) is 0.464. The van der Waals surface area contributed by atoms with E-state index in [-0.39, 0.29) is 36.2 Å². The van der Waals surface area contributed by atoms with Crippen molar-refractivity contribution in [1.82, 2.24) is 10.2 Å². The number of benzene rings is 2. The molecule has 7 heteroatoms. The maximum atomic E-state index is 13.1. The third-order valence-corrected chi connectivity index (χ3v) is 7.98. The van der Waals surface area contributed by atoms with E-state index in [1.165, 1.54) is 22.3 Å². The number of piperidine rings is 1. The summed E-state index contributed by atoms with van der Waals surface area (Å²) in [5, 5.41) is 12.1. The van der Waals surface area contributed by atoms with Gasteiger partial charge in [0.2, 0.25) is 5.91 Å². The molecule has 184 valence electrons. The van der Waals surface area contributed by atoms with E-state index in [9.17, 15) is 19.5 Å². The number of rotatable bonds is 6. The van der Waals surface area contributed by atoms with Gasteiger partial charge in [0.25, 0.3) is 0 Å². The molecule has 5 rings (SSSR count). The van der Waals surface area contributed by atoms with Gasteiger partial charge in [-0.3, -0.25) is 9.59 Å². The number of carboxylic acids is 1. The van der Waals surface area contributed by atoms with Crippen molar-refractivity contribution in [2.75, 3.05) is 26.2 Å². The van der Waals surface area contributed by atoms with Crippen LogP contribution in [0, 0.1) is 17.8 Å². The van der Waals surface area contributed by atoms with E-state index in [2.05, 4.69) is 29.6 Å². The van der Waals surface area contributed by atoms with Gasteiger partial charge in [-0.05, 0) is 53.9 Å². The van der Waals surface area contributed by atoms with Crippen LogP contribution in [0.4, 0.5) is 4.79 Å². The largest absolute Gasteiger partial charge is 0.481 e. The van der Waals surface area contributed by atoms with Crippen molar-refractivity contribution in [3.05, 3.63) is 59.7 Å². The number of amides is 2. The number of ether oxygens (including phenoxy) is 1. The third kappa shape index (κ3) is 4.77. The van der Waals surface area contributed by atoms with E-state index in [0.717, 1.165) is 19.3 Å². The number of likely N-dealkylation sites (tertiary alicyclic amines) is 1. The number of carbonyl (C=O) groups excluding carboxylic acids is 2. The van der Waals surface area contributed by atoms with Crippen LogP contribution in [-0.4, -0.2) is 54.2 Å². The molecule has 0 spiro atoms. The van der Waals surface area contributed by atoms with Crippen molar-refractivity contribution in [3.63, 3.8) is 0 Å². The number of hydrogen-bond donors (Lipinski definition) is 2. The summed E-state index contributed by atoms with van der Waals surface area (Å²) < 4.78 is 5.64. The van der Waals surface area contributed by atoms with Crippen LogP contribution in [0.15, 0.2) is 48.5 Å². The number of hydrogen-bond acceptors (Lipinski definition) is 4. The summed E-state index contributed by atoms with van der Waals surface area (Å²) in [5.74, 6) is -1.05. The molecule has 2 atom stereocenters. The van der Waals surface area contributed by atoms with Gasteiger partial charge in [0.1, 0.15) is 6.61 Å². The second-order valence-corrected chi connectivity index (χ2v) is 9.94. The molecule has 2 fully saturated rings. The average Bonchev–Trinajstić information content (AvgIpc) is 3.48. The zero-order valence-corrected chi connectivity index (χ0v) is 19.8. The fourth-order valence-electron chi connectivity index (χ4n) is 6.05. The van der Waals surface area contributed by atoms with E-state index in [0.29, 0.717) is 32.5 Å². The van der Waals surface area contributed by atoms with Crippen LogP contribution in [0.3, 0.4) is 0 Å². The molecule has 7 nitrogen and oxygen atoms in total. The van der Waals surface area contributed by atoms with Gasteiger partial charge in [-0.2, -0.15) is 0 Å². The summed E-state index contributed by atoms with van der Waals surface area (Å²) in [7, 11) is 0. The molecule has 1 heterocycles. The topological polar surface area (TPSA) is 95.9 Å². The molecule has 2 aliphatic carbocycles. The van der Waals surface area contributed by atoms with Crippen LogP contribution < -0.4 is 5.32 Å². The van der Waals surface area contributed by atoms with Crippen molar-refractivity contribution in [2.45, 2.75) is 38.0 Å². The normalized spacial score (nSPS) is 21.9. The van der Waals surface area contributed by atoms with E-state index in [1.54, 1.807) is 0 Å². The first-order chi connectivity index (χ1) is 17.0. The second kappa shape index (κ2) is 10.1. The van der Waals surface area contributed by atoms with E-state index in [1.807, 2.05) is 29.2 Å². The first-order valence-corrected chi connectivity index (χ1v) is 12.6. The van der Waals surface area contributed by atoms with Crippen LogP contribution in [0.2, 0.25) is 0 Å². The Morgan fingerprint density at radius 3 is 2.17 bits per heavy atom. The Kier molecular flexibility index (Phi) is 6.75. The number of carbonyl (C=O) groups is 3. The summed E-state index contributed by atoms with van der Waals surface area (Å²) in [5.41, 5.74) is 4.73.